The van der Waals surface area contributed by atoms with E-state index in [4.69, 9.17) is 4.74 Å². The van der Waals surface area contributed by atoms with Crippen molar-refractivity contribution in [1.29, 1.82) is 0 Å². The Labute approximate surface area is 260 Å². The normalized spacial score (nSPS) is 12.4. The second-order valence-electron chi connectivity index (χ2n) is 11.5. The van der Waals surface area contributed by atoms with Crippen LogP contribution in [0.2, 0.25) is 0 Å². The monoisotopic (exact) mass is 620 g/mol. The minimum atomic E-state index is -0.492. The van der Waals surface area contributed by atoms with Gasteiger partial charge in [-0.3, -0.25) is 9.69 Å². The number of fused-ring (bicyclic) bond motifs is 3. The number of rotatable bonds is 14. The van der Waals surface area contributed by atoms with E-state index in [0.29, 0.717) is 41.4 Å². The van der Waals surface area contributed by atoms with Crippen molar-refractivity contribution in [2.75, 3.05) is 31.6 Å². The maximum atomic E-state index is 14.5. The number of hydrogen-bond donors (Lipinski definition) is 0. The molecule has 0 spiro atoms. The zero-order chi connectivity index (χ0) is 31.4. The Balaban J connectivity index is 1.35. The van der Waals surface area contributed by atoms with E-state index in [0.717, 1.165) is 60.1 Å². The molecule has 1 aliphatic heterocycles. The van der Waals surface area contributed by atoms with E-state index in [9.17, 15) is 19.3 Å². The van der Waals surface area contributed by atoms with E-state index in [2.05, 4.69) is 38.2 Å². The maximum Gasteiger partial charge on any atom is 0.363 e. The molecule has 0 bridgehead atoms. The highest BCUT2D eigenvalue weighted by Crippen LogP contribution is 2.37. The fourth-order valence-electron chi connectivity index (χ4n) is 5.53. The van der Waals surface area contributed by atoms with Gasteiger partial charge in [-0.2, -0.15) is 0 Å². The van der Waals surface area contributed by atoms with Crippen molar-refractivity contribution in [3.8, 4) is 5.88 Å². The SMILES string of the molecule is COc1cc(CN(CCCCN(CC(C)C)c2ccc([N+](=O)[O-])nc2)Cc2c3n(c4cc(C)c(F)cc4c2=O)CS3)ccn1. The molecule has 0 amide bonds. The molecule has 0 atom stereocenters. The summed E-state index contributed by atoms with van der Waals surface area (Å²) in [5.41, 5.74) is 3.75. The fourth-order valence-corrected chi connectivity index (χ4v) is 6.48. The van der Waals surface area contributed by atoms with Crippen molar-refractivity contribution in [2.24, 2.45) is 5.92 Å². The number of hydrogen-bond acceptors (Lipinski definition) is 9. The average Bonchev–Trinajstić information content (AvgIpc) is 2.98. The number of unbranched alkanes of at least 4 members (excludes halogenated alkanes) is 1. The number of benzene rings is 1. The first kappa shape index (κ1) is 31.4. The first-order chi connectivity index (χ1) is 21.1. The van der Waals surface area contributed by atoms with E-state index in [-0.39, 0.29) is 17.1 Å². The molecular weight excluding hydrogens is 583 g/mol. The standard InChI is InChI=1S/C32H37FN6O4S/c1-21(2)17-37(24-7-8-29(35-16-24)39(41)42)12-6-5-11-36(18-23-9-10-34-30(14-23)43-4)19-26-31(40)25-15-27(33)22(3)13-28(25)38-20-44-32(26)38/h7-10,13-16,21H,5-6,11-12,17-20H2,1-4H3. The molecule has 0 saturated heterocycles. The van der Waals surface area contributed by atoms with Gasteiger partial charge in [0.15, 0.2) is 11.6 Å². The first-order valence-electron chi connectivity index (χ1n) is 14.7. The molecule has 44 heavy (non-hydrogen) atoms. The molecule has 1 aromatic carbocycles. The number of ether oxygens (including phenoxy) is 1. The highest BCUT2D eigenvalue weighted by molar-refractivity contribution is 7.99. The highest BCUT2D eigenvalue weighted by atomic mass is 32.2. The molecule has 1 aliphatic rings. The molecule has 232 valence electrons. The van der Waals surface area contributed by atoms with Gasteiger partial charge in [0.1, 0.15) is 5.82 Å². The topological polar surface area (TPSA) is 107 Å². The Bertz CT molecular complexity index is 1710. The zero-order valence-corrected chi connectivity index (χ0v) is 26.3. The summed E-state index contributed by atoms with van der Waals surface area (Å²) in [7, 11) is 1.58. The summed E-state index contributed by atoms with van der Waals surface area (Å²) in [4.78, 5) is 37.0. The van der Waals surface area contributed by atoms with Gasteiger partial charge in [0.05, 0.1) is 29.2 Å². The molecule has 5 rings (SSSR count). The number of aryl methyl sites for hydroxylation is 1. The number of nitrogens with zero attached hydrogens (tertiary/aromatic N) is 6. The number of halogens is 1. The molecule has 0 N–H and O–H groups in total. The molecule has 4 heterocycles. The summed E-state index contributed by atoms with van der Waals surface area (Å²) in [6, 6.07) is 10.2. The van der Waals surface area contributed by atoms with E-state index in [1.54, 1.807) is 50.3 Å². The highest BCUT2D eigenvalue weighted by Gasteiger charge is 2.26. The van der Waals surface area contributed by atoms with Crippen molar-refractivity contribution >= 4 is 34.2 Å². The van der Waals surface area contributed by atoms with Crippen LogP contribution < -0.4 is 15.1 Å². The lowest BCUT2D eigenvalue weighted by atomic mass is 10.1. The lowest BCUT2D eigenvalue weighted by Gasteiger charge is -2.30. The van der Waals surface area contributed by atoms with Crippen molar-refractivity contribution in [3.63, 3.8) is 0 Å². The van der Waals surface area contributed by atoms with Crippen LogP contribution in [0.3, 0.4) is 0 Å². The van der Waals surface area contributed by atoms with Gasteiger partial charge in [-0.05, 0) is 77.5 Å². The zero-order valence-electron chi connectivity index (χ0n) is 25.5. The van der Waals surface area contributed by atoms with Crippen LogP contribution in [-0.4, -0.2) is 51.1 Å². The lowest BCUT2D eigenvalue weighted by molar-refractivity contribution is -0.389. The van der Waals surface area contributed by atoms with Gasteiger partial charge in [-0.1, -0.05) is 25.6 Å². The minimum absolute atomic E-state index is 0.122. The van der Waals surface area contributed by atoms with Crippen LogP contribution in [0.5, 0.6) is 5.88 Å². The molecule has 0 fully saturated rings. The number of anilines is 1. The quantitative estimate of drug-likeness (QED) is 0.0930. The Kier molecular flexibility index (Phi) is 9.80. The van der Waals surface area contributed by atoms with Gasteiger partial charge in [-0.25, -0.2) is 9.37 Å². The molecule has 0 aliphatic carbocycles. The van der Waals surface area contributed by atoms with Crippen LogP contribution >= 0.6 is 11.8 Å². The largest absolute Gasteiger partial charge is 0.481 e. The third kappa shape index (κ3) is 7.02. The number of pyridine rings is 3. The Hall–Kier alpha value is -4.03. The van der Waals surface area contributed by atoms with E-state index >= 15 is 0 Å². The van der Waals surface area contributed by atoms with Gasteiger partial charge in [0, 0.05) is 55.5 Å². The first-order valence-corrected chi connectivity index (χ1v) is 15.7. The summed E-state index contributed by atoms with van der Waals surface area (Å²) in [5.74, 6) is 1.11. The van der Waals surface area contributed by atoms with Crippen LogP contribution in [0, 0.1) is 28.8 Å². The molecule has 10 nitrogen and oxygen atoms in total. The number of aromatic nitrogens is 3. The van der Waals surface area contributed by atoms with Crippen LogP contribution in [0.4, 0.5) is 15.9 Å². The molecule has 4 aromatic rings. The van der Waals surface area contributed by atoms with Gasteiger partial charge < -0.3 is 24.3 Å². The van der Waals surface area contributed by atoms with Gasteiger partial charge >= 0.3 is 5.82 Å². The maximum absolute atomic E-state index is 14.5. The summed E-state index contributed by atoms with van der Waals surface area (Å²) in [6.07, 6.45) is 5.01. The molecule has 0 unspecified atom stereocenters. The third-order valence-electron chi connectivity index (χ3n) is 7.74. The Morgan fingerprint density at radius 2 is 1.93 bits per heavy atom. The second kappa shape index (κ2) is 13.7. The van der Waals surface area contributed by atoms with Gasteiger partial charge in [-0.15, -0.1) is 0 Å². The average molecular weight is 621 g/mol. The van der Waals surface area contributed by atoms with Crippen molar-refractivity contribution < 1.29 is 14.1 Å². The summed E-state index contributed by atoms with van der Waals surface area (Å²) in [5, 5.41) is 12.4. The summed E-state index contributed by atoms with van der Waals surface area (Å²) >= 11 is 1.65. The molecule has 0 saturated carbocycles. The van der Waals surface area contributed by atoms with Crippen LogP contribution in [0.1, 0.15) is 43.4 Å². The summed E-state index contributed by atoms with van der Waals surface area (Å²) < 4.78 is 22.0. The summed E-state index contributed by atoms with van der Waals surface area (Å²) in [6.45, 7) is 9.30. The fraction of sp³-hybridized carbons (Fsp3) is 0.406. The number of thioether (sulfide) groups is 1. The predicted molar refractivity (Wildman–Crippen MR) is 171 cm³/mol. The minimum Gasteiger partial charge on any atom is -0.481 e. The van der Waals surface area contributed by atoms with Crippen molar-refractivity contribution in [2.45, 2.75) is 57.6 Å². The predicted octanol–water partition coefficient (Wildman–Crippen LogP) is 6.16. The number of nitro groups is 1. The van der Waals surface area contributed by atoms with Gasteiger partial charge in [0.2, 0.25) is 5.88 Å². The molecule has 0 radical (unpaired) electrons. The van der Waals surface area contributed by atoms with Crippen molar-refractivity contribution in [3.05, 3.63) is 91.6 Å². The van der Waals surface area contributed by atoms with Crippen LogP contribution in [0.15, 0.2) is 58.6 Å². The lowest BCUT2D eigenvalue weighted by Crippen LogP contribution is -2.32. The Morgan fingerprint density at radius 1 is 1.14 bits per heavy atom. The smallest absolute Gasteiger partial charge is 0.363 e. The van der Waals surface area contributed by atoms with Crippen LogP contribution in [0.25, 0.3) is 10.9 Å². The molecular formula is C32H37FN6O4S. The van der Waals surface area contributed by atoms with E-state index < -0.39 is 4.92 Å². The third-order valence-corrected chi connectivity index (χ3v) is 8.87. The van der Waals surface area contributed by atoms with Gasteiger partial charge in [0.25, 0.3) is 0 Å². The Morgan fingerprint density at radius 3 is 2.59 bits per heavy atom. The number of methoxy groups -OCH3 is 1. The molecule has 12 heteroatoms. The second-order valence-corrected chi connectivity index (χ2v) is 12.5. The molecule has 3 aromatic heterocycles. The van der Waals surface area contributed by atoms with E-state index in [1.807, 2.05) is 12.1 Å². The van der Waals surface area contributed by atoms with E-state index in [1.165, 1.54) is 12.1 Å². The van der Waals surface area contributed by atoms with Crippen LogP contribution in [-0.2, 0) is 19.0 Å². The van der Waals surface area contributed by atoms with Crippen molar-refractivity contribution in [1.82, 2.24) is 19.4 Å².